The average molecular weight is 271 g/mol. The first-order chi connectivity index (χ1) is 9.19. The van der Waals surface area contributed by atoms with Crippen molar-refractivity contribution in [2.24, 2.45) is 5.73 Å². The van der Waals surface area contributed by atoms with Crippen LogP contribution in [0.4, 0.5) is 5.69 Å². The summed E-state index contributed by atoms with van der Waals surface area (Å²) in [4.78, 5) is 12.1. The number of hydrogen-bond acceptors (Lipinski definition) is 4. The van der Waals surface area contributed by atoms with E-state index in [2.05, 4.69) is 11.4 Å². The van der Waals surface area contributed by atoms with Gasteiger partial charge in [0.1, 0.15) is 6.07 Å². The Morgan fingerprint density at radius 1 is 1.42 bits per heavy atom. The molecule has 0 atom stereocenters. The highest BCUT2D eigenvalue weighted by Gasteiger charge is 2.05. The number of carbonyl (C=O) groups is 1. The fourth-order valence-electron chi connectivity index (χ4n) is 1.75. The Kier molecular flexibility index (Phi) is 4.16. The highest BCUT2D eigenvalue weighted by molar-refractivity contribution is 7.10. The number of anilines is 1. The van der Waals surface area contributed by atoms with Crippen LogP contribution in [-0.2, 0) is 17.8 Å². The van der Waals surface area contributed by atoms with Crippen LogP contribution in [0.15, 0.2) is 35.7 Å². The number of carbonyl (C=O) groups excluding carboxylic acids is 1. The second-order valence-corrected chi connectivity index (χ2v) is 5.06. The molecule has 19 heavy (non-hydrogen) atoms. The van der Waals surface area contributed by atoms with Crippen LogP contribution in [-0.4, -0.2) is 5.91 Å². The van der Waals surface area contributed by atoms with Gasteiger partial charge in [0.15, 0.2) is 0 Å². The molecule has 0 saturated heterocycles. The highest BCUT2D eigenvalue weighted by atomic mass is 32.1. The van der Waals surface area contributed by atoms with Crippen LogP contribution in [0.25, 0.3) is 0 Å². The fraction of sp³-hybridized carbons (Fsp3) is 0.143. The Bertz CT molecular complexity index is 628. The Balaban J connectivity index is 2.07. The lowest BCUT2D eigenvalue weighted by atomic mass is 10.1. The van der Waals surface area contributed by atoms with Crippen LogP contribution in [0.5, 0.6) is 0 Å². The fourth-order valence-corrected chi connectivity index (χ4v) is 2.50. The van der Waals surface area contributed by atoms with Gasteiger partial charge in [0, 0.05) is 22.5 Å². The second-order valence-electron chi connectivity index (χ2n) is 4.07. The van der Waals surface area contributed by atoms with Crippen molar-refractivity contribution in [3.8, 4) is 6.07 Å². The SMILES string of the molecule is N#Cc1csc(CNc2ccccc2CC(N)=O)c1. The first kappa shape index (κ1) is 13.1. The summed E-state index contributed by atoms with van der Waals surface area (Å²) in [6, 6.07) is 11.5. The van der Waals surface area contributed by atoms with Crippen LogP contribution in [0.3, 0.4) is 0 Å². The molecule has 5 heteroatoms. The highest BCUT2D eigenvalue weighted by Crippen LogP contribution is 2.19. The minimum Gasteiger partial charge on any atom is -0.380 e. The third kappa shape index (κ3) is 3.57. The molecule has 96 valence electrons. The molecule has 0 fully saturated rings. The first-order valence-corrected chi connectivity index (χ1v) is 6.64. The zero-order chi connectivity index (χ0) is 13.7. The van der Waals surface area contributed by atoms with Crippen molar-refractivity contribution in [1.82, 2.24) is 0 Å². The number of nitriles is 1. The summed E-state index contributed by atoms with van der Waals surface area (Å²) in [7, 11) is 0. The molecule has 4 nitrogen and oxygen atoms in total. The number of nitrogens with two attached hydrogens (primary N) is 1. The van der Waals surface area contributed by atoms with E-state index in [1.165, 1.54) is 11.3 Å². The minimum absolute atomic E-state index is 0.219. The molecule has 0 radical (unpaired) electrons. The zero-order valence-electron chi connectivity index (χ0n) is 10.2. The molecule has 0 aliphatic rings. The summed E-state index contributed by atoms with van der Waals surface area (Å²) >= 11 is 1.54. The van der Waals surface area contributed by atoms with Crippen molar-refractivity contribution in [2.75, 3.05) is 5.32 Å². The Morgan fingerprint density at radius 3 is 2.89 bits per heavy atom. The number of amides is 1. The van der Waals surface area contributed by atoms with Crippen LogP contribution < -0.4 is 11.1 Å². The van der Waals surface area contributed by atoms with E-state index in [0.717, 1.165) is 16.1 Å². The summed E-state index contributed by atoms with van der Waals surface area (Å²) in [5.41, 5.74) is 7.67. The molecule has 0 spiro atoms. The van der Waals surface area contributed by atoms with E-state index in [1.54, 1.807) is 0 Å². The van der Waals surface area contributed by atoms with Crippen LogP contribution in [0.1, 0.15) is 16.0 Å². The third-order valence-electron chi connectivity index (χ3n) is 2.62. The number of rotatable bonds is 5. The number of nitrogens with zero attached hydrogens (tertiary/aromatic N) is 1. The molecule has 0 aliphatic heterocycles. The largest absolute Gasteiger partial charge is 0.380 e. The predicted molar refractivity (Wildman–Crippen MR) is 75.7 cm³/mol. The molecule has 1 aromatic heterocycles. The van der Waals surface area contributed by atoms with Gasteiger partial charge in [0.2, 0.25) is 5.91 Å². The van der Waals surface area contributed by atoms with Gasteiger partial charge < -0.3 is 11.1 Å². The van der Waals surface area contributed by atoms with Crippen LogP contribution >= 0.6 is 11.3 Å². The topological polar surface area (TPSA) is 78.9 Å². The molecule has 0 bridgehead atoms. The number of para-hydroxylation sites is 1. The van der Waals surface area contributed by atoms with E-state index in [0.29, 0.717) is 12.1 Å². The Labute approximate surface area is 115 Å². The van der Waals surface area contributed by atoms with E-state index >= 15 is 0 Å². The summed E-state index contributed by atoms with van der Waals surface area (Å²) in [6.07, 6.45) is 0.219. The summed E-state index contributed by atoms with van der Waals surface area (Å²) < 4.78 is 0. The first-order valence-electron chi connectivity index (χ1n) is 5.76. The van der Waals surface area contributed by atoms with Gasteiger partial charge in [0.25, 0.3) is 0 Å². The standard InChI is InChI=1S/C14H13N3OS/c15-7-10-5-12(19-9-10)8-17-13-4-2-1-3-11(13)6-14(16)18/h1-5,9,17H,6,8H2,(H2,16,18). The maximum absolute atomic E-state index is 11.0. The van der Waals surface area contributed by atoms with Crippen molar-refractivity contribution in [3.05, 3.63) is 51.7 Å². The molecule has 2 rings (SSSR count). The lowest BCUT2D eigenvalue weighted by Crippen LogP contribution is -2.15. The Morgan fingerprint density at radius 2 is 2.21 bits per heavy atom. The number of primary amides is 1. The van der Waals surface area contributed by atoms with Gasteiger partial charge in [-0.2, -0.15) is 5.26 Å². The molecule has 2 aromatic rings. The molecule has 0 aliphatic carbocycles. The molecule has 3 N–H and O–H groups in total. The third-order valence-corrected chi connectivity index (χ3v) is 3.55. The van der Waals surface area contributed by atoms with Gasteiger partial charge in [0.05, 0.1) is 12.0 Å². The molecular weight excluding hydrogens is 258 g/mol. The van der Waals surface area contributed by atoms with Crippen molar-refractivity contribution in [2.45, 2.75) is 13.0 Å². The zero-order valence-corrected chi connectivity index (χ0v) is 11.0. The Hall–Kier alpha value is -2.32. The molecule has 1 amide bonds. The van der Waals surface area contributed by atoms with E-state index < -0.39 is 0 Å². The van der Waals surface area contributed by atoms with Gasteiger partial charge in [-0.25, -0.2) is 0 Å². The van der Waals surface area contributed by atoms with Crippen molar-refractivity contribution < 1.29 is 4.79 Å². The van der Waals surface area contributed by atoms with E-state index in [-0.39, 0.29) is 12.3 Å². The second kappa shape index (κ2) is 6.03. The quantitative estimate of drug-likeness (QED) is 0.875. The lowest BCUT2D eigenvalue weighted by Gasteiger charge is -2.09. The van der Waals surface area contributed by atoms with Crippen LogP contribution in [0.2, 0.25) is 0 Å². The van der Waals surface area contributed by atoms with Crippen molar-refractivity contribution in [1.29, 1.82) is 5.26 Å². The minimum atomic E-state index is -0.350. The van der Waals surface area contributed by atoms with Crippen LogP contribution in [0, 0.1) is 11.3 Å². The summed E-state index contributed by atoms with van der Waals surface area (Å²) in [5.74, 6) is -0.350. The maximum Gasteiger partial charge on any atom is 0.221 e. The summed E-state index contributed by atoms with van der Waals surface area (Å²) in [5, 5.41) is 13.9. The van der Waals surface area contributed by atoms with E-state index in [9.17, 15) is 4.79 Å². The van der Waals surface area contributed by atoms with Gasteiger partial charge in [-0.05, 0) is 17.7 Å². The summed E-state index contributed by atoms with van der Waals surface area (Å²) in [6.45, 7) is 0.627. The smallest absolute Gasteiger partial charge is 0.221 e. The number of nitrogens with one attached hydrogen (secondary N) is 1. The van der Waals surface area contributed by atoms with E-state index in [4.69, 9.17) is 11.0 Å². The molecule has 0 unspecified atom stereocenters. The van der Waals surface area contributed by atoms with Gasteiger partial charge in [-0.3, -0.25) is 4.79 Å². The maximum atomic E-state index is 11.0. The normalized spacial score (nSPS) is 9.84. The number of benzene rings is 1. The van der Waals surface area contributed by atoms with Gasteiger partial charge in [-0.1, -0.05) is 18.2 Å². The van der Waals surface area contributed by atoms with Gasteiger partial charge in [-0.15, -0.1) is 11.3 Å². The monoisotopic (exact) mass is 271 g/mol. The number of hydrogen-bond donors (Lipinski definition) is 2. The van der Waals surface area contributed by atoms with Crippen molar-refractivity contribution in [3.63, 3.8) is 0 Å². The van der Waals surface area contributed by atoms with Crippen molar-refractivity contribution >= 4 is 22.9 Å². The molecular formula is C14H13N3OS. The predicted octanol–water partition coefficient (Wildman–Crippen LogP) is 2.26. The molecule has 1 aromatic carbocycles. The van der Waals surface area contributed by atoms with Gasteiger partial charge >= 0.3 is 0 Å². The molecule has 1 heterocycles. The lowest BCUT2D eigenvalue weighted by molar-refractivity contribution is -0.117. The molecule has 0 saturated carbocycles. The van der Waals surface area contributed by atoms with E-state index in [1.807, 2.05) is 35.7 Å². The number of thiophene rings is 1. The average Bonchev–Trinajstić information content (AvgIpc) is 2.85.